The van der Waals surface area contributed by atoms with Gasteiger partial charge < -0.3 is 10.0 Å². The summed E-state index contributed by atoms with van der Waals surface area (Å²) >= 11 is 6.45. The molecule has 4 nitrogen and oxygen atoms in total. The fourth-order valence-corrected chi connectivity index (χ4v) is 3.18. The quantitative estimate of drug-likeness (QED) is 0.801. The molecule has 1 aromatic carbocycles. The largest absolute Gasteiger partial charge is 0.478 e. The first-order valence-corrected chi connectivity index (χ1v) is 7.44. The number of amides is 1. The van der Waals surface area contributed by atoms with Gasteiger partial charge in [0.2, 0.25) is 5.91 Å². The molecule has 0 spiro atoms. The van der Waals surface area contributed by atoms with E-state index in [0.29, 0.717) is 18.3 Å². The lowest BCUT2D eigenvalue weighted by Gasteiger charge is -2.20. The standard InChI is InChI=1S/C12H10Br2FNO3/c13-4-6-1-10(17)16(5-6)11-8(12(18)19)2-7(15)3-9(11)14/h2-3,6H,1,4-5H2,(H,18,19). The zero-order valence-corrected chi connectivity index (χ0v) is 12.9. The lowest BCUT2D eigenvalue weighted by atomic mass is 10.1. The molecular formula is C12H10Br2FNO3. The second-order valence-corrected chi connectivity index (χ2v) is 5.82. The fraction of sp³-hybridized carbons (Fsp3) is 0.333. The number of nitrogens with zero attached hydrogens (tertiary/aromatic N) is 1. The number of hydrogen-bond donors (Lipinski definition) is 1. The Labute approximate surface area is 125 Å². The van der Waals surface area contributed by atoms with E-state index in [1.807, 2.05) is 0 Å². The van der Waals surface area contributed by atoms with Crippen molar-refractivity contribution in [1.29, 1.82) is 0 Å². The second-order valence-electron chi connectivity index (χ2n) is 4.32. The van der Waals surface area contributed by atoms with Crippen molar-refractivity contribution in [2.45, 2.75) is 6.42 Å². The first-order valence-electron chi connectivity index (χ1n) is 5.52. The molecule has 0 aliphatic carbocycles. The zero-order chi connectivity index (χ0) is 14.2. The van der Waals surface area contributed by atoms with Crippen molar-refractivity contribution >= 4 is 49.4 Å². The molecule has 7 heteroatoms. The molecular weight excluding hydrogens is 385 g/mol. The Morgan fingerprint density at radius 3 is 2.74 bits per heavy atom. The van der Waals surface area contributed by atoms with Crippen LogP contribution in [0.15, 0.2) is 16.6 Å². The van der Waals surface area contributed by atoms with Gasteiger partial charge in [-0.25, -0.2) is 9.18 Å². The molecule has 1 aromatic rings. The summed E-state index contributed by atoms with van der Waals surface area (Å²) < 4.78 is 13.6. The van der Waals surface area contributed by atoms with Crippen LogP contribution in [0.25, 0.3) is 0 Å². The van der Waals surface area contributed by atoms with Crippen molar-refractivity contribution in [3.8, 4) is 0 Å². The molecule has 19 heavy (non-hydrogen) atoms. The van der Waals surface area contributed by atoms with Crippen LogP contribution in [0.4, 0.5) is 10.1 Å². The molecule has 0 aromatic heterocycles. The number of halogens is 3. The number of benzene rings is 1. The van der Waals surface area contributed by atoms with E-state index in [1.165, 1.54) is 4.90 Å². The summed E-state index contributed by atoms with van der Waals surface area (Å²) in [6.07, 6.45) is 0.355. The number of anilines is 1. The average molecular weight is 395 g/mol. The van der Waals surface area contributed by atoms with E-state index in [9.17, 15) is 14.0 Å². The Balaban J connectivity index is 2.50. The van der Waals surface area contributed by atoms with Crippen molar-refractivity contribution in [3.05, 3.63) is 28.0 Å². The molecule has 1 unspecified atom stereocenters. The van der Waals surface area contributed by atoms with Gasteiger partial charge in [-0.05, 0) is 34.0 Å². The van der Waals surface area contributed by atoms with Gasteiger partial charge in [-0.2, -0.15) is 0 Å². The monoisotopic (exact) mass is 393 g/mol. The van der Waals surface area contributed by atoms with E-state index in [-0.39, 0.29) is 27.5 Å². The number of carboxylic acid groups (broad SMARTS) is 1. The van der Waals surface area contributed by atoms with Crippen molar-refractivity contribution in [2.75, 3.05) is 16.8 Å². The van der Waals surface area contributed by atoms with E-state index in [4.69, 9.17) is 5.11 Å². The van der Waals surface area contributed by atoms with E-state index in [2.05, 4.69) is 31.9 Å². The molecule has 1 saturated heterocycles. The predicted octanol–water partition coefficient (Wildman–Crippen LogP) is 3.03. The van der Waals surface area contributed by atoms with Gasteiger partial charge in [0.15, 0.2) is 0 Å². The van der Waals surface area contributed by atoms with Gasteiger partial charge >= 0.3 is 5.97 Å². The van der Waals surface area contributed by atoms with E-state index in [1.54, 1.807) is 0 Å². The highest BCUT2D eigenvalue weighted by Crippen LogP contribution is 2.35. The van der Waals surface area contributed by atoms with E-state index >= 15 is 0 Å². The Bertz CT molecular complexity index is 550. The molecule has 1 aliphatic heterocycles. The van der Waals surface area contributed by atoms with Crippen LogP contribution in [0.1, 0.15) is 16.8 Å². The number of aromatic carboxylic acids is 1. The van der Waals surface area contributed by atoms with Crippen LogP contribution < -0.4 is 4.90 Å². The lowest BCUT2D eigenvalue weighted by molar-refractivity contribution is -0.117. The van der Waals surface area contributed by atoms with Crippen LogP contribution in [0.5, 0.6) is 0 Å². The summed E-state index contributed by atoms with van der Waals surface area (Å²) in [4.78, 5) is 24.6. The predicted molar refractivity (Wildman–Crippen MR) is 75.3 cm³/mol. The summed E-state index contributed by atoms with van der Waals surface area (Å²) in [5, 5.41) is 9.81. The topological polar surface area (TPSA) is 57.6 Å². The fourth-order valence-electron chi connectivity index (χ4n) is 2.10. The molecule has 1 fully saturated rings. The minimum Gasteiger partial charge on any atom is -0.478 e. The summed E-state index contributed by atoms with van der Waals surface area (Å²) in [5.74, 6) is -1.94. The molecule has 102 valence electrons. The summed E-state index contributed by atoms with van der Waals surface area (Å²) in [6.45, 7) is 0.425. The minimum absolute atomic E-state index is 0.131. The highest BCUT2D eigenvalue weighted by molar-refractivity contribution is 9.10. The van der Waals surface area contributed by atoms with Crippen LogP contribution in [0, 0.1) is 11.7 Å². The van der Waals surface area contributed by atoms with Crippen LogP contribution in [0.3, 0.4) is 0 Å². The van der Waals surface area contributed by atoms with Gasteiger partial charge in [-0.1, -0.05) is 15.9 Å². The highest BCUT2D eigenvalue weighted by atomic mass is 79.9. The van der Waals surface area contributed by atoms with Gasteiger partial charge in [-0.15, -0.1) is 0 Å². The molecule has 2 rings (SSSR count). The number of carbonyl (C=O) groups is 2. The van der Waals surface area contributed by atoms with Crippen LogP contribution >= 0.6 is 31.9 Å². The first-order chi connectivity index (χ1) is 8.93. The normalized spacial score (nSPS) is 19.0. The maximum absolute atomic E-state index is 13.3. The van der Waals surface area contributed by atoms with Crippen molar-refractivity contribution in [3.63, 3.8) is 0 Å². The maximum atomic E-state index is 13.3. The van der Waals surface area contributed by atoms with Gasteiger partial charge in [0.1, 0.15) is 5.82 Å². The molecule has 1 atom stereocenters. The Morgan fingerprint density at radius 1 is 1.53 bits per heavy atom. The molecule has 0 bridgehead atoms. The Hall–Kier alpha value is -0.950. The highest BCUT2D eigenvalue weighted by Gasteiger charge is 2.33. The number of carbonyl (C=O) groups excluding carboxylic acids is 1. The first kappa shape index (κ1) is 14.5. The van der Waals surface area contributed by atoms with E-state index in [0.717, 1.165) is 12.1 Å². The van der Waals surface area contributed by atoms with Gasteiger partial charge in [0.25, 0.3) is 0 Å². The number of rotatable bonds is 3. The second kappa shape index (κ2) is 5.58. The third-order valence-electron chi connectivity index (χ3n) is 2.95. The molecule has 1 aliphatic rings. The lowest BCUT2D eigenvalue weighted by Crippen LogP contribution is -2.27. The third-order valence-corrected chi connectivity index (χ3v) is 4.47. The molecule has 1 heterocycles. The van der Waals surface area contributed by atoms with Crippen LogP contribution in [-0.4, -0.2) is 28.9 Å². The molecule has 0 saturated carbocycles. The number of alkyl halides is 1. The molecule has 1 amide bonds. The van der Waals surface area contributed by atoms with Crippen LogP contribution in [-0.2, 0) is 4.79 Å². The van der Waals surface area contributed by atoms with E-state index < -0.39 is 11.8 Å². The summed E-state index contributed by atoms with van der Waals surface area (Å²) in [6, 6.07) is 2.09. The van der Waals surface area contributed by atoms with Gasteiger partial charge in [0, 0.05) is 22.8 Å². The molecule has 0 radical (unpaired) electrons. The Morgan fingerprint density at radius 2 is 2.21 bits per heavy atom. The minimum atomic E-state index is -1.26. The van der Waals surface area contributed by atoms with Crippen molar-refractivity contribution in [1.82, 2.24) is 0 Å². The molecule has 1 N–H and O–H groups in total. The zero-order valence-electron chi connectivity index (χ0n) is 9.70. The number of hydrogen-bond acceptors (Lipinski definition) is 2. The van der Waals surface area contributed by atoms with Crippen molar-refractivity contribution in [2.24, 2.45) is 5.92 Å². The van der Waals surface area contributed by atoms with Crippen molar-refractivity contribution < 1.29 is 19.1 Å². The maximum Gasteiger partial charge on any atom is 0.337 e. The van der Waals surface area contributed by atoms with Gasteiger partial charge in [-0.3, -0.25) is 4.79 Å². The SMILES string of the molecule is O=C(O)c1cc(F)cc(Br)c1N1CC(CBr)CC1=O. The summed E-state index contributed by atoms with van der Waals surface area (Å²) in [5.41, 5.74) is 0.0118. The number of carboxylic acids is 1. The van der Waals surface area contributed by atoms with Gasteiger partial charge in [0.05, 0.1) is 11.3 Å². The summed E-state index contributed by atoms with van der Waals surface area (Å²) in [7, 11) is 0. The third kappa shape index (κ3) is 2.81. The smallest absolute Gasteiger partial charge is 0.337 e. The van der Waals surface area contributed by atoms with Crippen LogP contribution in [0.2, 0.25) is 0 Å². The Kier molecular flexibility index (Phi) is 4.25. The average Bonchev–Trinajstić information content (AvgIpc) is 2.69.